The Labute approximate surface area is 127 Å². The van der Waals surface area contributed by atoms with Crippen LogP contribution >= 0.6 is 66.4 Å². The van der Waals surface area contributed by atoms with Crippen molar-refractivity contribution in [2.45, 2.75) is 6.92 Å². The lowest BCUT2D eigenvalue weighted by molar-refractivity contribution is 1.58. The van der Waals surface area contributed by atoms with Crippen LogP contribution in [-0.4, -0.2) is 10.5 Å². The summed E-state index contributed by atoms with van der Waals surface area (Å²) < 4.78 is 2.67. The van der Waals surface area contributed by atoms with Gasteiger partial charge in [-0.15, -0.1) is 11.8 Å². The van der Waals surface area contributed by atoms with Crippen LogP contribution in [0.5, 0.6) is 0 Å². The van der Waals surface area contributed by atoms with Crippen LogP contribution in [0.15, 0.2) is 34.3 Å². The van der Waals surface area contributed by atoms with Crippen molar-refractivity contribution >= 4 is 75.5 Å². The molecule has 0 aliphatic carbocycles. The average Bonchev–Trinajstić information content (AvgIpc) is 2.55. The smallest absolute Gasteiger partial charge is 0.0545 e. The zero-order valence-corrected chi connectivity index (χ0v) is 15.0. The topological polar surface area (TPSA) is 0 Å². The lowest BCUT2D eigenvalue weighted by Gasteiger charge is -2.04. The first-order valence-electron chi connectivity index (χ1n) is 4.60. The van der Waals surface area contributed by atoms with E-state index in [4.69, 9.17) is 0 Å². The molecule has 0 N–H and O–H groups in total. The Morgan fingerprint density at radius 2 is 1.94 bits per heavy atom. The second-order valence-corrected chi connectivity index (χ2v) is 12.6. The number of halogens is 2. The summed E-state index contributed by atoms with van der Waals surface area (Å²) in [6.45, 7) is 2.54. The quantitative estimate of drug-likeness (QED) is 0.298. The molecule has 1 aliphatic rings. The summed E-state index contributed by atoms with van der Waals surface area (Å²) in [5, 5.41) is 0. The molecule has 0 aromatic heterocycles. The van der Waals surface area contributed by atoms with Crippen LogP contribution < -0.4 is 0 Å². The molecule has 2 rings (SSSR count). The monoisotopic (exact) mass is 444 g/mol. The Kier molecular flexibility index (Phi) is 4.92. The Hall–Kier alpha value is 1.09. The van der Waals surface area contributed by atoms with E-state index in [2.05, 4.69) is 74.6 Å². The third-order valence-corrected chi connectivity index (χ3v) is 11.5. The maximum absolute atomic E-state index is 3.47. The molecule has 0 bridgehead atoms. The highest BCUT2D eigenvalue weighted by Gasteiger charge is 2.20. The van der Waals surface area contributed by atoms with Crippen molar-refractivity contribution in [3.8, 4) is 0 Å². The van der Waals surface area contributed by atoms with Gasteiger partial charge >= 0.3 is 0 Å². The van der Waals surface area contributed by atoms with Gasteiger partial charge in [-0.2, -0.15) is 0 Å². The minimum Gasteiger partial charge on any atom is -0.122 e. The van der Waals surface area contributed by atoms with Gasteiger partial charge in [0.1, 0.15) is 0 Å². The fourth-order valence-corrected chi connectivity index (χ4v) is 10.7. The van der Waals surface area contributed by atoms with Crippen LogP contribution in [0.2, 0.25) is 0 Å². The number of rotatable bonds is 1. The molecule has 16 heavy (non-hydrogen) atoms. The van der Waals surface area contributed by atoms with E-state index in [1.165, 1.54) is 20.2 Å². The molecule has 0 fully saturated rings. The van der Waals surface area contributed by atoms with E-state index in [0.717, 1.165) is 4.47 Å². The first-order chi connectivity index (χ1) is 7.63. The molecule has 0 spiro atoms. The summed E-state index contributed by atoms with van der Waals surface area (Å²) in [5.74, 6) is 0. The molecule has 0 saturated carbocycles. The molecule has 86 valence electrons. The second kappa shape index (κ2) is 5.82. The molecule has 1 aliphatic heterocycles. The van der Waals surface area contributed by atoms with Gasteiger partial charge in [-0.05, 0) is 43.1 Å². The van der Waals surface area contributed by atoms with Crippen molar-refractivity contribution in [3.63, 3.8) is 0 Å². The molecule has 1 unspecified atom stereocenters. The van der Waals surface area contributed by atoms with E-state index in [-0.39, 0.29) is 0 Å². The van der Waals surface area contributed by atoms with Gasteiger partial charge in [-0.3, -0.25) is 0 Å². The largest absolute Gasteiger partial charge is 0.122 e. The van der Waals surface area contributed by atoms with E-state index in [1.54, 1.807) is 0 Å². The van der Waals surface area contributed by atoms with Gasteiger partial charge in [0.15, 0.2) is 0 Å². The van der Waals surface area contributed by atoms with Gasteiger partial charge < -0.3 is 0 Å². The van der Waals surface area contributed by atoms with Gasteiger partial charge in [0.2, 0.25) is 0 Å². The zero-order chi connectivity index (χ0) is 11.7. The first-order valence-corrected chi connectivity index (χ1v) is 11.7. The maximum atomic E-state index is 3.47. The third kappa shape index (κ3) is 2.74. The number of thioether (sulfide) groups is 1. The molecule has 0 nitrogen and oxygen atoms in total. The van der Waals surface area contributed by atoms with E-state index in [0.29, 0.717) is 6.69 Å². The predicted molar refractivity (Wildman–Crippen MR) is 94.5 cm³/mol. The molecular formula is C11H10BrIS3. The van der Waals surface area contributed by atoms with Gasteiger partial charge in [-0.25, -0.2) is 0 Å². The molecule has 1 atom stereocenters. The van der Waals surface area contributed by atoms with Crippen LogP contribution in [0.25, 0.3) is 4.91 Å². The fraction of sp³-hybridized carbons (Fsp3) is 0.182. The minimum atomic E-state index is 0.304. The Morgan fingerprint density at radius 3 is 2.44 bits per heavy atom. The third-order valence-electron chi connectivity index (χ3n) is 2.24. The highest BCUT2D eigenvalue weighted by Crippen LogP contribution is 2.57. The van der Waals surface area contributed by atoms with Crippen LogP contribution in [-0.2, 0) is 0 Å². The molecule has 1 aromatic carbocycles. The number of hydrogen-bond donors (Lipinski definition) is 0. The van der Waals surface area contributed by atoms with Crippen molar-refractivity contribution in [2.24, 2.45) is 0 Å². The van der Waals surface area contributed by atoms with Crippen molar-refractivity contribution < 1.29 is 0 Å². The van der Waals surface area contributed by atoms with E-state index in [1.807, 2.05) is 22.6 Å². The Bertz CT molecular complexity index is 477. The van der Waals surface area contributed by atoms with Crippen molar-refractivity contribution in [2.75, 3.05) is 6.26 Å². The molecular weight excluding hydrogens is 435 g/mol. The summed E-state index contributed by atoms with van der Waals surface area (Å²) >= 11 is 7.90. The SMILES string of the molecule is CSC1=S(I)SC(c2ccc(Br)cc2)=C1C. The van der Waals surface area contributed by atoms with Gasteiger partial charge in [0, 0.05) is 30.6 Å². The van der Waals surface area contributed by atoms with Crippen molar-refractivity contribution in [3.05, 3.63) is 39.9 Å². The Morgan fingerprint density at radius 1 is 1.31 bits per heavy atom. The van der Waals surface area contributed by atoms with Gasteiger partial charge in [0.05, 0.1) is 4.20 Å². The van der Waals surface area contributed by atoms with E-state index in [9.17, 15) is 0 Å². The maximum Gasteiger partial charge on any atom is 0.0545 e. The molecule has 0 saturated heterocycles. The molecule has 0 amide bonds. The fourth-order valence-electron chi connectivity index (χ4n) is 1.47. The highest BCUT2D eigenvalue weighted by atomic mass is 127. The standard InChI is InChI=1S/C11H10BrIS3/c1-7-10(15-16(13)11(7)14-2)8-3-5-9(12)6-4-8/h3-6H,1-2H3. The highest BCUT2D eigenvalue weighted by molar-refractivity contribution is 14.2. The van der Waals surface area contributed by atoms with E-state index >= 15 is 0 Å². The van der Waals surface area contributed by atoms with Crippen molar-refractivity contribution in [1.82, 2.24) is 0 Å². The van der Waals surface area contributed by atoms with Crippen molar-refractivity contribution in [1.29, 1.82) is 0 Å². The summed E-state index contributed by atoms with van der Waals surface area (Å²) in [6.07, 6.45) is 2.17. The summed E-state index contributed by atoms with van der Waals surface area (Å²) in [6, 6.07) is 8.59. The minimum absolute atomic E-state index is 0.304. The van der Waals surface area contributed by atoms with Crippen LogP contribution in [0.4, 0.5) is 0 Å². The molecule has 1 aromatic rings. The normalized spacial score (nSPS) is 20.8. The van der Waals surface area contributed by atoms with Gasteiger partial charge in [-0.1, -0.05) is 38.9 Å². The number of benzene rings is 1. The van der Waals surface area contributed by atoms with Crippen LogP contribution in [0.1, 0.15) is 12.5 Å². The molecule has 5 heteroatoms. The number of hydrogen-bond acceptors (Lipinski definition) is 2. The summed E-state index contributed by atoms with van der Waals surface area (Å²) in [4.78, 5) is 1.44. The summed E-state index contributed by atoms with van der Waals surface area (Å²) in [5.41, 5.74) is 2.79. The lowest BCUT2D eigenvalue weighted by Crippen LogP contribution is -1.89. The molecule has 1 heterocycles. The molecule has 0 radical (unpaired) electrons. The van der Waals surface area contributed by atoms with E-state index < -0.39 is 0 Å². The lowest BCUT2D eigenvalue weighted by atomic mass is 10.1. The average molecular weight is 445 g/mol. The predicted octanol–water partition coefficient (Wildman–Crippen LogP) is 5.95. The summed E-state index contributed by atoms with van der Waals surface area (Å²) in [7, 11) is 1.99. The van der Waals surface area contributed by atoms with Crippen LogP contribution in [0.3, 0.4) is 0 Å². The van der Waals surface area contributed by atoms with Crippen LogP contribution in [0, 0.1) is 0 Å². The zero-order valence-electron chi connectivity index (χ0n) is 8.79. The first kappa shape index (κ1) is 13.5. The second-order valence-electron chi connectivity index (χ2n) is 3.26. The van der Waals surface area contributed by atoms with Gasteiger partial charge in [0.25, 0.3) is 0 Å². The Balaban J connectivity index is 2.38.